The highest BCUT2D eigenvalue weighted by Gasteiger charge is 2.43. The number of carbonyl (C=O) groups excluding carboxylic acids is 1. The number of halogens is 1. The van der Waals surface area contributed by atoms with Crippen LogP contribution in [0.1, 0.15) is 16.8 Å². The van der Waals surface area contributed by atoms with Gasteiger partial charge in [0.05, 0.1) is 11.8 Å². The van der Waals surface area contributed by atoms with Gasteiger partial charge in [-0.1, -0.05) is 34.1 Å². The number of hydrogen-bond donors (Lipinski definition) is 1. The molecule has 2 rings (SSSR count). The summed E-state index contributed by atoms with van der Waals surface area (Å²) in [7, 11) is -3.79. The Balaban J connectivity index is 2.20. The summed E-state index contributed by atoms with van der Waals surface area (Å²) >= 11 is 3.20. The first-order chi connectivity index (χ1) is 10.8. The molecule has 0 saturated carbocycles. The van der Waals surface area contributed by atoms with Crippen LogP contribution in [0, 0.1) is 0 Å². The molecular formula is C14H17BrO7S. The van der Waals surface area contributed by atoms with E-state index in [2.05, 4.69) is 15.9 Å². The minimum Gasteiger partial charge on any atom is -0.453 e. The lowest BCUT2D eigenvalue weighted by Crippen LogP contribution is -2.52. The number of alkyl halides is 1. The first-order valence-electron chi connectivity index (χ1n) is 6.84. The van der Waals surface area contributed by atoms with Crippen molar-refractivity contribution < 1.29 is 32.0 Å². The number of carbonyl (C=O) groups is 1. The largest absolute Gasteiger partial charge is 0.453 e. The van der Waals surface area contributed by atoms with E-state index in [0.29, 0.717) is 5.56 Å². The lowest BCUT2D eigenvalue weighted by molar-refractivity contribution is -0.219. The molecule has 1 heterocycles. The third kappa shape index (κ3) is 5.25. The Labute approximate surface area is 142 Å². The van der Waals surface area contributed by atoms with Crippen LogP contribution in [0.25, 0.3) is 0 Å². The van der Waals surface area contributed by atoms with Crippen molar-refractivity contribution in [3.8, 4) is 0 Å². The van der Waals surface area contributed by atoms with Crippen LogP contribution in [0.3, 0.4) is 0 Å². The van der Waals surface area contributed by atoms with Crippen molar-refractivity contribution in [2.75, 3.05) is 11.6 Å². The van der Waals surface area contributed by atoms with Crippen LogP contribution in [0.2, 0.25) is 0 Å². The van der Waals surface area contributed by atoms with Crippen LogP contribution >= 0.6 is 15.9 Å². The Hall–Kier alpha value is -1.00. The highest BCUT2D eigenvalue weighted by atomic mass is 79.9. The molecule has 1 saturated heterocycles. The molecule has 1 aliphatic heterocycles. The van der Waals surface area contributed by atoms with Gasteiger partial charge >= 0.3 is 5.97 Å². The minimum atomic E-state index is -3.79. The molecule has 0 aliphatic carbocycles. The van der Waals surface area contributed by atoms with Gasteiger partial charge in [0, 0.05) is 11.8 Å². The Morgan fingerprint density at radius 2 is 2.04 bits per heavy atom. The molecule has 23 heavy (non-hydrogen) atoms. The first kappa shape index (κ1) is 18.3. The normalized spacial score (nSPS) is 28.3. The van der Waals surface area contributed by atoms with Crippen molar-refractivity contribution >= 4 is 32.0 Å². The van der Waals surface area contributed by atoms with E-state index >= 15 is 0 Å². The third-order valence-electron chi connectivity index (χ3n) is 3.20. The predicted octanol–water partition coefficient (Wildman–Crippen LogP) is 1.06. The fraction of sp³-hybridized carbons (Fsp3) is 0.500. The summed E-state index contributed by atoms with van der Waals surface area (Å²) in [6.45, 7) is 0. The second kappa shape index (κ2) is 7.71. The molecule has 1 fully saturated rings. The highest BCUT2D eigenvalue weighted by Crippen LogP contribution is 2.27. The molecule has 1 aromatic rings. The van der Waals surface area contributed by atoms with Gasteiger partial charge in [0.1, 0.15) is 12.2 Å². The molecule has 0 aromatic heterocycles. The molecular weight excluding hydrogens is 392 g/mol. The van der Waals surface area contributed by atoms with Gasteiger partial charge in [0.2, 0.25) is 0 Å². The molecule has 1 N–H and O–H groups in total. The van der Waals surface area contributed by atoms with Crippen molar-refractivity contribution in [3.63, 3.8) is 0 Å². The lowest BCUT2D eigenvalue weighted by Gasteiger charge is -2.38. The zero-order valence-electron chi connectivity index (χ0n) is 12.3. The van der Waals surface area contributed by atoms with Crippen LogP contribution in [0.4, 0.5) is 0 Å². The van der Waals surface area contributed by atoms with Gasteiger partial charge in [-0.2, -0.15) is 8.42 Å². The number of esters is 1. The quantitative estimate of drug-likeness (QED) is 0.441. The summed E-state index contributed by atoms with van der Waals surface area (Å²) in [5.41, 5.74) is 0.324. The van der Waals surface area contributed by atoms with E-state index in [9.17, 15) is 18.3 Å². The molecule has 0 bridgehead atoms. The van der Waals surface area contributed by atoms with Crippen molar-refractivity contribution in [2.45, 2.75) is 31.0 Å². The van der Waals surface area contributed by atoms with Crippen molar-refractivity contribution in [2.24, 2.45) is 0 Å². The van der Waals surface area contributed by atoms with E-state index in [-0.39, 0.29) is 11.8 Å². The van der Waals surface area contributed by atoms with E-state index in [0.717, 1.165) is 6.26 Å². The van der Waals surface area contributed by atoms with Crippen molar-refractivity contribution in [1.82, 2.24) is 0 Å². The molecule has 9 heteroatoms. The van der Waals surface area contributed by atoms with Crippen LogP contribution in [-0.2, 0) is 23.8 Å². The van der Waals surface area contributed by atoms with Gasteiger partial charge < -0.3 is 14.6 Å². The molecule has 128 valence electrons. The van der Waals surface area contributed by atoms with E-state index in [1.807, 2.05) is 0 Å². The molecule has 7 nitrogen and oxygen atoms in total. The summed E-state index contributed by atoms with van der Waals surface area (Å²) < 4.78 is 38.5. The summed E-state index contributed by atoms with van der Waals surface area (Å²) in [5, 5.41) is 9.93. The molecule has 1 aromatic carbocycles. The second-order valence-corrected chi connectivity index (χ2v) is 7.34. The van der Waals surface area contributed by atoms with Crippen LogP contribution in [-0.4, -0.2) is 55.7 Å². The van der Waals surface area contributed by atoms with Crippen molar-refractivity contribution in [3.05, 3.63) is 35.9 Å². The molecule has 4 atom stereocenters. The Morgan fingerprint density at radius 3 is 2.61 bits per heavy atom. The lowest BCUT2D eigenvalue weighted by atomic mass is 10.0. The average Bonchev–Trinajstić information content (AvgIpc) is 2.48. The third-order valence-corrected chi connectivity index (χ3v) is 4.44. The van der Waals surface area contributed by atoms with Crippen molar-refractivity contribution in [1.29, 1.82) is 0 Å². The first-order valence-corrected chi connectivity index (χ1v) is 9.77. The maximum absolute atomic E-state index is 12.2. The molecule has 0 unspecified atom stereocenters. The monoisotopic (exact) mass is 408 g/mol. The number of hydrogen-bond acceptors (Lipinski definition) is 7. The zero-order chi connectivity index (χ0) is 17.0. The Morgan fingerprint density at radius 1 is 1.39 bits per heavy atom. The average molecular weight is 409 g/mol. The highest BCUT2D eigenvalue weighted by molar-refractivity contribution is 9.09. The van der Waals surface area contributed by atoms with Gasteiger partial charge in [-0.3, -0.25) is 4.18 Å². The number of aliphatic hydroxyl groups excluding tert-OH is 1. The van der Waals surface area contributed by atoms with Gasteiger partial charge in [-0.05, 0) is 12.1 Å². The van der Waals surface area contributed by atoms with Gasteiger partial charge in [-0.15, -0.1) is 0 Å². The molecule has 0 radical (unpaired) electrons. The zero-order valence-corrected chi connectivity index (χ0v) is 14.7. The minimum absolute atomic E-state index is 0.122. The van der Waals surface area contributed by atoms with E-state index in [1.54, 1.807) is 30.3 Å². The Bertz CT molecular complexity index is 634. The van der Waals surface area contributed by atoms with E-state index in [1.165, 1.54) is 0 Å². The molecule has 1 aliphatic rings. The second-order valence-electron chi connectivity index (χ2n) is 5.09. The van der Waals surface area contributed by atoms with Crippen LogP contribution in [0.15, 0.2) is 30.3 Å². The standard InChI is InChI=1S/C14H17BrO7S/c1-23(18,19)22-10-7-12(16)20-11(8-15)13(10)21-14(17)9-5-3-2-4-6-9/h2-6,10-13,16H,7-8H2,1H3/t10-,11+,12-,13-/m0/s1. The SMILES string of the molecule is CS(=O)(=O)O[C@H]1C[C@@H](O)O[C@H](CBr)[C@H]1OC(=O)c1ccccc1. The summed E-state index contributed by atoms with van der Waals surface area (Å²) in [4.78, 5) is 12.2. The smallest absolute Gasteiger partial charge is 0.338 e. The van der Waals surface area contributed by atoms with E-state index < -0.39 is 40.7 Å². The summed E-state index contributed by atoms with van der Waals surface area (Å²) in [6.07, 6.45) is -3.16. The topological polar surface area (TPSA) is 99.1 Å². The Kier molecular flexibility index (Phi) is 6.15. The fourth-order valence-electron chi connectivity index (χ4n) is 2.27. The fourth-order valence-corrected chi connectivity index (χ4v) is 3.43. The van der Waals surface area contributed by atoms with Crippen LogP contribution < -0.4 is 0 Å². The van der Waals surface area contributed by atoms with E-state index in [4.69, 9.17) is 13.7 Å². The maximum atomic E-state index is 12.2. The summed E-state index contributed by atoms with van der Waals surface area (Å²) in [6, 6.07) is 8.29. The van der Waals surface area contributed by atoms with Gasteiger partial charge in [0.25, 0.3) is 10.1 Å². The van der Waals surface area contributed by atoms with Gasteiger partial charge in [0.15, 0.2) is 12.4 Å². The van der Waals surface area contributed by atoms with Gasteiger partial charge in [-0.25, -0.2) is 4.79 Å². The number of aliphatic hydroxyl groups is 1. The number of rotatable bonds is 5. The predicted molar refractivity (Wildman–Crippen MR) is 84.7 cm³/mol. The molecule has 0 amide bonds. The summed E-state index contributed by atoms with van der Waals surface area (Å²) in [5.74, 6) is -0.622. The maximum Gasteiger partial charge on any atom is 0.338 e. The molecule has 0 spiro atoms. The number of benzene rings is 1. The van der Waals surface area contributed by atoms with Crippen LogP contribution in [0.5, 0.6) is 0 Å². The number of ether oxygens (including phenoxy) is 2.